The number of phenols is 1. The molecule has 3 heteroatoms. The van der Waals surface area contributed by atoms with E-state index in [9.17, 15) is 10.2 Å². The van der Waals surface area contributed by atoms with Crippen LogP contribution >= 0.6 is 0 Å². The van der Waals surface area contributed by atoms with E-state index in [2.05, 4.69) is 6.92 Å². The molecule has 3 atom stereocenters. The molecule has 3 unspecified atom stereocenters. The van der Waals surface area contributed by atoms with Gasteiger partial charge >= 0.3 is 0 Å². The van der Waals surface area contributed by atoms with Crippen molar-refractivity contribution in [2.45, 2.75) is 26.0 Å². The molecule has 0 saturated carbocycles. The third kappa shape index (κ3) is 2.97. The summed E-state index contributed by atoms with van der Waals surface area (Å²) in [5.74, 6) is 0.581. The Balaban J connectivity index is 2.81. The number of aliphatic hydroxyl groups excluding tert-OH is 1. The maximum absolute atomic E-state index is 9.96. The van der Waals surface area contributed by atoms with Crippen molar-refractivity contribution in [3.63, 3.8) is 0 Å². The molecule has 0 bridgehead atoms. The van der Waals surface area contributed by atoms with Gasteiger partial charge in [-0.3, -0.25) is 4.90 Å². The van der Waals surface area contributed by atoms with Gasteiger partial charge in [-0.15, -0.1) is 0 Å². The Morgan fingerprint density at radius 1 is 1.19 bits per heavy atom. The third-order valence-electron chi connectivity index (χ3n) is 3.18. The van der Waals surface area contributed by atoms with Crippen LogP contribution in [0.3, 0.4) is 0 Å². The Kier molecular flexibility index (Phi) is 4.33. The molecule has 2 N–H and O–H groups in total. The number of phenolic OH excluding ortho intramolecular Hbond substituents is 1. The van der Waals surface area contributed by atoms with E-state index >= 15 is 0 Å². The molecule has 1 aromatic rings. The van der Waals surface area contributed by atoms with Gasteiger partial charge in [0.1, 0.15) is 12.0 Å². The van der Waals surface area contributed by atoms with Crippen LogP contribution in [0.2, 0.25) is 0 Å². The summed E-state index contributed by atoms with van der Waals surface area (Å²) in [4.78, 5) is 1.80. The summed E-state index contributed by atoms with van der Waals surface area (Å²) >= 11 is 0. The fraction of sp³-hybridized carbons (Fsp3) is 0.538. The monoisotopic (exact) mass is 223 g/mol. The minimum atomic E-state index is -0.475. The lowest BCUT2D eigenvalue weighted by Gasteiger charge is -2.29. The van der Waals surface area contributed by atoms with Gasteiger partial charge in [0.15, 0.2) is 0 Å². The van der Waals surface area contributed by atoms with Crippen LogP contribution in [0.4, 0.5) is 0 Å². The topological polar surface area (TPSA) is 43.7 Å². The fourth-order valence-corrected chi connectivity index (χ4v) is 1.84. The van der Waals surface area contributed by atoms with Crippen LogP contribution in [0.15, 0.2) is 24.3 Å². The first kappa shape index (κ1) is 13.0. The van der Waals surface area contributed by atoms with Gasteiger partial charge in [0.25, 0.3) is 0 Å². The summed E-state index contributed by atoms with van der Waals surface area (Å²) < 4.78 is 0. The molecule has 0 aliphatic heterocycles. The highest BCUT2D eigenvalue weighted by Crippen LogP contribution is 2.28. The second-order valence-corrected chi connectivity index (χ2v) is 4.62. The average molecular weight is 223 g/mol. The summed E-state index contributed by atoms with van der Waals surface area (Å²) in [6, 6.07) is 7.21. The van der Waals surface area contributed by atoms with Crippen LogP contribution in [-0.2, 0) is 0 Å². The lowest BCUT2D eigenvalue weighted by molar-refractivity contribution is -0.0113. The standard InChI is InChI=1S/C13H21NO2/c1-9(10(2)13(16)14(3)4)11-6-5-7-12(15)8-11/h5-10,13,15-16H,1-4H3. The quantitative estimate of drug-likeness (QED) is 0.767. The van der Waals surface area contributed by atoms with Crippen molar-refractivity contribution in [2.24, 2.45) is 5.92 Å². The molecule has 0 aliphatic carbocycles. The second kappa shape index (κ2) is 5.32. The van der Waals surface area contributed by atoms with Gasteiger partial charge in [-0.1, -0.05) is 26.0 Å². The van der Waals surface area contributed by atoms with Crippen LogP contribution in [-0.4, -0.2) is 35.4 Å². The number of hydrogen-bond acceptors (Lipinski definition) is 3. The normalized spacial score (nSPS) is 17.1. The maximum atomic E-state index is 9.96. The largest absolute Gasteiger partial charge is 0.508 e. The third-order valence-corrected chi connectivity index (χ3v) is 3.18. The van der Waals surface area contributed by atoms with E-state index in [0.29, 0.717) is 0 Å². The molecule has 0 heterocycles. The molecule has 0 aliphatic rings. The van der Waals surface area contributed by atoms with Gasteiger partial charge in [-0.05, 0) is 37.7 Å². The van der Waals surface area contributed by atoms with Crippen LogP contribution in [0, 0.1) is 5.92 Å². The average Bonchev–Trinajstić information content (AvgIpc) is 2.26. The Morgan fingerprint density at radius 3 is 2.31 bits per heavy atom. The van der Waals surface area contributed by atoms with Crippen molar-refractivity contribution in [2.75, 3.05) is 14.1 Å². The molecule has 0 fully saturated rings. The van der Waals surface area contributed by atoms with E-state index in [1.54, 1.807) is 17.0 Å². The summed E-state index contributed by atoms with van der Waals surface area (Å²) in [7, 11) is 3.71. The van der Waals surface area contributed by atoms with Gasteiger partial charge in [-0.2, -0.15) is 0 Å². The summed E-state index contributed by atoms with van der Waals surface area (Å²) in [6.07, 6.45) is -0.475. The molecule has 1 rings (SSSR count). The molecule has 90 valence electrons. The molecule has 0 radical (unpaired) electrons. The number of benzene rings is 1. The summed E-state index contributed by atoms with van der Waals surface area (Å²) in [5, 5.41) is 19.4. The summed E-state index contributed by atoms with van der Waals surface area (Å²) in [6.45, 7) is 4.07. The molecular weight excluding hydrogens is 202 g/mol. The zero-order chi connectivity index (χ0) is 12.3. The van der Waals surface area contributed by atoms with Crippen molar-refractivity contribution in [1.29, 1.82) is 0 Å². The van der Waals surface area contributed by atoms with Crippen molar-refractivity contribution < 1.29 is 10.2 Å². The first-order valence-electron chi connectivity index (χ1n) is 5.57. The zero-order valence-electron chi connectivity index (χ0n) is 10.4. The molecule has 3 nitrogen and oxygen atoms in total. The fourth-order valence-electron chi connectivity index (χ4n) is 1.84. The molecular formula is C13H21NO2. The first-order chi connectivity index (χ1) is 7.43. The van der Waals surface area contributed by atoms with E-state index in [1.165, 1.54) is 0 Å². The maximum Gasteiger partial charge on any atom is 0.115 e. The SMILES string of the molecule is CC(c1cccc(O)c1)C(C)C(O)N(C)C. The number of aromatic hydroxyl groups is 1. The smallest absolute Gasteiger partial charge is 0.115 e. The summed E-state index contributed by atoms with van der Waals surface area (Å²) in [5.41, 5.74) is 1.05. The minimum Gasteiger partial charge on any atom is -0.508 e. The van der Waals surface area contributed by atoms with Gasteiger partial charge in [-0.25, -0.2) is 0 Å². The molecule has 16 heavy (non-hydrogen) atoms. The highest BCUT2D eigenvalue weighted by Gasteiger charge is 2.23. The number of aliphatic hydroxyl groups is 1. The van der Waals surface area contributed by atoms with Crippen LogP contribution in [0.5, 0.6) is 5.75 Å². The number of rotatable bonds is 4. The van der Waals surface area contributed by atoms with Crippen LogP contribution in [0.1, 0.15) is 25.3 Å². The second-order valence-electron chi connectivity index (χ2n) is 4.62. The lowest BCUT2D eigenvalue weighted by atomic mass is 9.87. The minimum absolute atomic E-state index is 0.108. The van der Waals surface area contributed by atoms with Crippen molar-refractivity contribution in [3.05, 3.63) is 29.8 Å². The number of hydrogen-bond donors (Lipinski definition) is 2. The molecule has 1 aromatic carbocycles. The highest BCUT2D eigenvalue weighted by atomic mass is 16.3. The number of nitrogens with zero attached hydrogens (tertiary/aromatic N) is 1. The van der Waals surface area contributed by atoms with Gasteiger partial charge < -0.3 is 10.2 Å². The highest BCUT2D eigenvalue weighted by molar-refractivity contribution is 5.29. The van der Waals surface area contributed by atoms with Crippen LogP contribution < -0.4 is 0 Å². The van der Waals surface area contributed by atoms with Gasteiger partial charge in [0.2, 0.25) is 0 Å². The van der Waals surface area contributed by atoms with Crippen molar-refractivity contribution in [3.8, 4) is 5.75 Å². The zero-order valence-corrected chi connectivity index (χ0v) is 10.4. The Morgan fingerprint density at radius 2 is 1.81 bits per heavy atom. The molecule has 0 aromatic heterocycles. The van der Waals surface area contributed by atoms with E-state index in [1.807, 2.05) is 33.2 Å². The predicted octanol–water partition coefficient (Wildman–Crippen LogP) is 2.01. The lowest BCUT2D eigenvalue weighted by Crippen LogP contribution is -2.35. The molecule has 0 spiro atoms. The van der Waals surface area contributed by atoms with E-state index in [4.69, 9.17) is 0 Å². The Bertz CT molecular complexity index is 338. The molecule has 0 saturated heterocycles. The van der Waals surface area contributed by atoms with Crippen molar-refractivity contribution in [1.82, 2.24) is 4.90 Å². The predicted molar refractivity (Wildman–Crippen MR) is 65.4 cm³/mol. The first-order valence-corrected chi connectivity index (χ1v) is 5.57. The molecule has 0 amide bonds. The van der Waals surface area contributed by atoms with E-state index in [0.717, 1.165) is 5.56 Å². The Labute approximate surface area is 97.3 Å². The van der Waals surface area contributed by atoms with Gasteiger partial charge in [0, 0.05) is 5.92 Å². The van der Waals surface area contributed by atoms with Gasteiger partial charge in [0.05, 0.1) is 0 Å². The van der Waals surface area contributed by atoms with E-state index in [-0.39, 0.29) is 17.6 Å². The van der Waals surface area contributed by atoms with Crippen molar-refractivity contribution >= 4 is 0 Å². The van der Waals surface area contributed by atoms with Crippen LogP contribution in [0.25, 0.3) is 0 Å². The Hall–Kier alpha value is -1.06. The van der Waals surface area contributed by atoms with E-state index < -0.39 is 6.23 Å².